The minimum Gasteiger partial charge on any atom is -0.392 e. The number of benzene rings is 1. The third kappa shape index (κ3) is 3.89. The number of nitrogens with two attached hydrogens (primary N) is 1. The van der Waals surface area contributed by atoms with Gasteiger partial charge in [0.1, 0.15) is 5.82 Å². The van der Waals surface area contributed by atoms with Gasteiger partial charge in [0, 0.05) is 19.6 Å². The normalized spacial score (nSPS) is 13.1. The molecule has 4 heteroatoms. The van der Waals surface area contributed by atoms with Crippen molar-refractivity contribution in [1.82, 2.24) is 4.90 Å². The molecule has 0 bridgehead atoms. The van der Waals surface area contributed by atoms with E-state index < -0.39 is 0 Å². The molecule has 0 fully saturated rings. The molecule has 1 aromatic rings. The lowest BCUT2D eigenvalue weighted by atomic mass is 10.1. The SMILES string of the molecule is CC(O)CN(C)Cc1ccc(F)cc1CN. The van der Waals surface area contributed by atoms with Crippen LogP contribution in [0.1, 0.15) is 18.1 Å². The predicted octanol–water partition coefficient (Wildman–Crippen LogP) is 1.10. The first-order chi connectivity index (χ1) is 7.52. The van der Waals surface area contributed by atoms with Crippen molar-refractivity contribution in [3.05, 3.63) is 35.1 Å². The zero-order valence-corrected chi connectivity index (χ0v) is 9.78. The van der Waals surface area contributed by atoms with E-state index in [1.165, 1.54) is 12.1 Å². The maximum atomic E-state index is 13.0. The van der Waals surface area contributed by atoms with Gasteiger partial charge >= 0.3 is 0 Å². The largest absolute Gasteiger partial charge is 0.392 e. The molecule has 1 atom stereocenters. The van der Waals surface area contributed by atoms with Crippen LogP contribution in [-0.2, 0) is 13.1 Å². The van der Waals surface area contributed by atoms with Gasteiger partial charge in [-0.05, 0) is 37.2 Å². The Kier molecular flexibility index (Phi) is 4.86. The van der Waals surface area contributed by atoms with Gasteiger partial charge in [0.25, 0.3) is 0 Å². The minimum atomic E-state index is -0.369. The summed E-state index contributed by atoms with van der Waals surface area (Å²) in [5, 5.41) is 9.25. The molecule has 0 radical (unpaired) electrons. The molecule has 3 nitrogen and oxygen atoms in total. The third-order valence-electron chi connectivity index (χ3n) is 2.40. The summed E-state index contributed by atoms with van der Waals surface area (Å²) in [5.41, 5.74) is 7.39. The van der Waals surface area contributed by atoms with Crippen LogP contribution < -0.4 is 5.73 Å². The number of rotatable bonds is 5. The van der Waals surface area contributed by atoms with Crippen LogP contribution in [0, 0.1) is 5.82 Å². The van der Waals surface area contributed by atoms with Crippen LogP contribution in [0.4, 0.5) is 4.39 Å². The van der Waals surface area contributed by atoms with Gasteiger partial charge in [0.2, 0.25) is 0 Å². The number of likely N-dealkylation sites (N-methyl/N-ethyl adjacent to an activating group) is 1. The second kappa shape index (κ2) is 5.94. The highest BCUT2D eigenvalue weighted by atomic mass is 19.1. The second-order valence-corrected chi connectivity index (χ2v) is 4.16. The van der Waals surface area contributed by atoms with E-state index in [4.69, 9.17) is 5.73 Å². The van der Waals surface area contributed by atoms with Crippen LogP contribution in [0.15, 0.2) is 18.2 Å². The summed E-state index contributed by atoms with van der Waals surface area (Å²) < 4.78 is 13.0. The van der Waals surface area contributed by atoms with Crippen LogP contribution in [0.25, 0.3) is 0 Å². The monoisotopic (exact) mass is 226 g/mol. The summed E-state index contributed by atoms with van der Waals surface area (Å²) in [7, 11) is 1.91. The summed E-state index contributed by atoms with van der Waals surface area (Å²) in [5.74, 6) is -0.262. The molecule has 0 aromatic heterocycles. The van der Waals surface area contributed by atoms with Crippen molar-refractivity contribution in [1.29, 1.82) is 0 Å². The molecule has 0 aliphatic heterocycles. The smallest absolute Gasteiger partial charge is 0.123 e. The number of nitrogens with zero attached hydrogens (tertiary/aromatic N) is 1. The van der Waals surface area contributed by atoms with E-state index in [-0.39, 0.29) is 11.9 Å². The third-order valence-corrected chi connectivity index (χ3v) is 2.40. The quantitative estimate of drug-likeness (QED) is 0.790. The van der Waals surface area contributed by atoms with Crippen LogP contribution in [0.3, 0.4) is 0 Å². The zero-order chi connectivity index (χ0) is 12.1. The van der Waals surface area contributed by atoms with Gasteiger partial charge in [-0.1, -0.05) is 6.07 Å². The van der Waals surface area contributed by atoms with Gasteiger partial charge in [-0.15, -0.1) is 0 Å². The summed E-state index contributed by atoms with van der Waals surface area (Å²) >= 11 is 0. The van der Waals surface area contributed by atoms with E-state index in [0.717, 1.165) is 11.1 Å². The van der Waals surface area contributed by atoms with E-state index in [1.807, 2.05) is 11.9 Å². The van der Waals surface area contributed by atoms with Gasteiger partial charge in [-0.25, -0.2) is 4.39 Å². The molecule has 0 saturated carbocycles. The molecule has 0 aliphatic rings. The molecule has 1 unspecified atom stereocenters. The first kappa shape index (κ1) is 13.1. The number of aliphatic hydroxyl groups excluding tert-OH is 1. The first-order valence-corrected chi connectivity index (χ1v) is 5.37. The predicted molar refractivity (Wildman–Crippen MR) is 62.3 cm³/mol. The average Bonchev–Trinajstić information content (AvgIpc) is 2.19. The highest BCUT2D eigenvalue weighted by molar-refractivity contribution is 5.27. The Labute approximate surface area is 95.7 Å². The lowest BCUT2D eigenvalue weighted by molar-refractivity contribution is 0.138. The van der Waals surface area contributed by atoms with Gasteiger partial charge < -0.3 is 10.8 Å². The molecule has 0 saturated heterocycles. The van der Waals surface area contributed by atoms with Crippen LogP contribution >= 0.6 is 0 Å². The molecule has 0 amide bonds. The van der Waals surface area contributed by atoms with E-state index in [9.17, 15) is 9.50 Å². The molecule has 1 rings (SSSR count). The maximum absolute atomic E-state index is 13.0. The fourth-order valence-corrected chi connectivity index (χ4v) is 1.75. The molecule has 90 valence electrons. The van der Waals surface area contributed by atoms with Crippen molar-refractivity contribution in [3.8, 4) is 0 Å². The summed E-state index contributed by atoms with van der Waals surface area (Å²) in [6.45, 7) is 3.32. The number of hydrogen-bond donors (Lipinski definition) is 2. The van der Waals surface area contributed by atoms with Crippen LogP contribution in [0.5, 0.6) is 0 Å². The highest BCUT2D eigenvalue weighted by Gasteiger charge is 2.07. The molecular formula is C12H19FN2O. The maximum Gasteiger partial charge on any atom is 0.123 e. The highest BCUT2D eigenvalue weighted by Crippen LogP contribution is 2.13. The second-order valence-electron chi connectivity index (χ2n) is 4.16. The van der Waals surface area contributed by atoms with Crippen molar-refractivity contribution >= 4 is 0 Å². The van der Waals surface area contributed by atoms with Gasteiger partial charge in [0.15, 0.2) is 0 Å². The fraction of sp³-hybridized carbons (Fsp3) is 0.500. The Hall–Kier alpha value is -0.970. The molecule has 0 spiro atoms. The van der Waals surface area contributed by atoms with Crippen molar-refractivity contribution in [3.63, 3.8) is 0 Å². The molecule has 3 N–H and O–H groups in total. The van der Waals surface area contributed by atoms with E-state index in [2.05, 4.69) is 0 Å². The number of halogens is 1. The molecule has 0 aliphatic carbocycles. The molecular weight excluding hydrogens is 207 g/mol. The van der Waals surface area contributed by atoms with Crippen molar-refractivity contribution in [2.45, 2.75) is 26.1 Å². The number of aliphatic hydroxyl groups is 1. The Morgan fingerprint density at radius 2 is 2.12 bits per heavy atom. The zero-order valence-electron chi connectivity index (χ0n) is 9.78. The average molecular weight is 226 g/mol. The Bertz CT molecular complexity index is 342. The van der Waals surface area contributed by atoms with E-state index >= 15 is 0 Å². The van der Waals surface area contributed by atoms with E-state index in [0.29, 0.717) is 19.6 Å². The standard InChI is InChI=1S/C12H19FN2O/c1-9(16)7-15(2)8-10-3-4-12(13)5-11(10)6-14/h3-5,9,16H,6-8,14H2,1-2H3. The fourth-order valence-electron chi connectivity index (χ4n) is 1.75. The summed E-state index contributed by atoms with van der Waals surface area (Å²) in [6.07, 6.45) is -0.369. The van der Waals surface area contributed by atoms with Crippen molar-refractivity contribution in [2.24, 2.45) is 5.73 Å². The van der Waals surface area contributed by atoms with Crippen LogP contribution in [-0.4, -0.2) is 29.7 Å². The van der Waals surface area contributed by atoms with E-state index in [1.54, 1.807) is 13.0 Å². The summed E-state index contributed by atoms with van der Waals surface area (Å²) in [4.78, 5) is 1.98. The Morgan fingerprint density at radius 3 is 2.69 bits per heavy atom. The Morgan fingerprint density at radius 1 is 1.44 bits per heavy atom. The van der Waals surface area contributed by atoms with Gasteiger partial charge in [-0.2, -0.15) is 0 Å². The van der Waals surface area contributed by atoms with Crippen LogP contribution in [0.2, 0.25) is 0 Å². The molecule has 16 heavy (non-hydrogen) atoms. The lowest BCUT2D eigenvalue weighted by Crippen LogP contribution is -2.27. The van der Waals surface area contributed by atoms with Crippen molar-refractivity contribution in [2.75, 3.05) is 13.6 Å². The number of hydrogen-bond acceptors (Lipinski definition) is 3. The van der Waals surface area contributed by atoms with Gasteiger partial charge in [0.05, 0.1) is 6.10 Å². The summed E-state index contributed by atoms with van der Waals surface area (Å²) in [6, 6.07) is 4.65. The van der Waals surface area contributed by atoms with Gasteiger partial charge in [-0.3, -0.25) is 4.90 Å². The molecule has 0 heterocycles. The molecule has 1 aromatic carbocycles. The Balaban J connectivity index is 2.72. The lowest BCUT2D eigenvalue weighted by Gasteiger charge is -2.19. The topological polar surface area (TPSA) is 49.5 Å². The van der Waals surface area contributed by atoms with Crippen molar-refractivity contribution < 1.29 is 9.50 Å². The first-order valence-electron chi connectivity index (χ1n) is 5.37. The minimum absolute atomic E-state index is 0.262.